The number of carbonyl (C=O) groups excluding carboxylic acids is 1. The molecule has 0 radical (unpaired) electrons. The van der Waals surface area contributed by atoms with Gasteiger partial charge >= 0.3 is 11.9 Å². The van der Waals surface area contributed by atoms with E-state index < -0.39 is 5.97 Å². The highest BCUT2D eigenvalue weighted by Gasteiger charge is 2.52. The van der Waals surface area contributed by atoms with Crippen LogP contribution in [0.1, 0.15) is 79.1 Å². The molecule has 5 nitrogen and oxygen atoms in total. The number of hydrogen-bond acceptors (Lipinski definition) is 4. The number of rotatable bonds is 10. The standard InChI is InChI=1S/C21H39NO4/c1-20(2)17(14-15-22(5)21(20,3)4)16(19(25)26-6)12-10-8-7-9-11-13-18(23)24/h16-17H,7-15H2,1-6H3,(H,23,24). The number of piperidine rings is 1. The van der Waals surface area contributed by atoms with E-state index in [2.05, 4.69) is 39.6 Å². The van der Waals surface area contributed by atoms with Crippen LogP contribution in [0.4, 0.5) is 0 Å². The highest BCUT2D eigenvalue weighted by atomic mass is 16.5. The number of carboxylic acids is 1. The van der Waals surface area contributed by atoms with Gasteiger partial charge in [-0.2, -0.15) is 0 Å². The zero-order chi connectivity index (χ0) is 20.0. The van der Waals surface area contributed by atoms with Crippen LogP contribution in [0.15, 0.2) is 0 Å². The molecule has 1 rings (SSSR count). The van der Waals surface area contributed by atoms with E-state index >= 15 is 0 Å². The van der Waals surface area contributed by atoms with Crippen LogP contribution in [-0.4, -0.2) is 48.2 Å². The third-order valence-corrected chi connectivity index (χ3v) is 7.13. The van der Waals surface area contributed by atoms with Gasteiger partial charge in [0.2, 0.25) is 0 Å². The average Bonchev–Trinajstić information content (AvgIpc) is 2.56. The highest BCUT2D eigenvalue weighted by molar-refractivity contribution is 5.72. The molecule has 1 heterocycles. The van der Waals surface area contributed by atoms with Gasteiger partial charge in [0, 0.05) is 12.0 Å². The molecule has 0 aliphatic carbocycles. The Morgan fingerprint density at radius 1 is 1.12 bits per heavy atom. The molecular formula is C21H39NO4. The second kappa shape index (κ2) is 9.72. The lowest BCUT2D eigenvalue weighted by atomic mass is 9.57. The molecule has 5 heteroatoms. The maximum Gasteiger partial charge on any atom is 0.308 e. The third-order valence-electron chi connectivity index (χ3n) is 7.13. The smallest absolute Gasteiger partial charge is 0.308 e. The fourth-order valence-electron chi connectivity index (χ4n) is 4.43. The van der Waals surface area contributed by atoms with E-state index in [1.807, 2.05) is 0 Å². The Morgan fingerprint density at radius 3 is 2.27 bits per heavy atom. The van der Waals surface area contributed by atoms with Crippen LogP contribution >= 0.6 is 0 Å². The van der Waals surface area contributed by atoms with Crippen LogP contribution in [-0.2, 0) is 14.3 Å². The first kappa shape index (κ1) is 22.9. The summed E-state index contributed by atoms with van der Waals surface area (Å²) in [6.45, 7) is 10.1. The molecule has 1 aliphatic rings. The van der Waals surface area contributed by atoms with Crippen LogP contribution in [0.3, 0.4) is 0 Å². The van der Waals surface area contributed by atoms with Gasteiger partial charge in [-0.1, -0.05) is 39.5 Å². The minimum atomic E-state index is -0.720. The van der Waals surface area contributed by atoms with Crippen molar-refractivity contribution >= 4 is 11.9 Å². The van der Waals surface area contributed by atoms with Crippen molar-refractivity contribution in [1.82, 2.24) is 4.90 Å². The second-order valence-corrected chi connectivity index (χ2v) is 8.93. The summed E-state index contributed by atoms with van der Waals surface area (Å²) in [7, 11) is 3.66. The van der Waals surface area contributed by atoms with E-state index in [0.717, 1.165) is 51.5 Å². The normalized spacial score (nSPS) is 23.4. The molecule has 0 spiro atoms. The van der Waals surface area contributed by atoms with E-state index in [4.69, 9.17) is 9.84 Å². The fraction of sp³-hybridized carbons (Fsp3) is 0.905. The number of ether oxygens (including phenoxy) is 1. The van der Waals surface area contributed by atoms with Crippen LogP contribution in [0, 0.1) is 17.3 Å². The lowest BCUT2D eigenvalue weighted by molar-refractivity contribution is -0.156. The van der Waals surface area contributed by atoms with Gasteiger partial charge in [-0.25, -0.2) is 0 Å². The van der Waals surface area contributed by atoms with Crippen molar-refractivity contribution < 1.29 is 19.4 Å². The molecule has 0 bridgehead atoms. The SMILES string of the molecule is COC(=O)C(CCCCCCCC(=O)O)C1CCN(C)C(C)(C)C1(C)C. The van der Waals surface area contributed by atoms with Crippen molar-refractivity contribution in [2.45, 2.75) is 84.6 Å². The molecule has 1 fully saturated rings. The quantitative estimate of drug-likeness (QED) is 0.458. The zero-order valence-corrected chi connectivity index (χ0v) is 17.6. The van der Waals surface area contributed by atoms with Gasteiger partial charge in [-0.05, 0) is 58.0 Å². The summed E-state index contributed by atoms with van der Waals surface area (Å²) in [6, 6.07) is 0. The Kier molecular flexibility index (Phi) is 8.58. The average molecular weight is 370 g/mol. The number of nitrogens with zero attached hydrogens (tertiary/aromatic N) is 1. The molecular weight excluding hydrogens is 330 g/mol. The van der Waals surface area contributed by atoms with Crippen molar-refractivity contribution in [3.05, 3.63) is 0 Å². The van der Waals surface area contributed by atoms with E-state index in [1.54, 1.807) is 0 Å². The number of esters is 1. The fourth-order valence-corrected chi connectivity index (χ4v) is 4.43. The predicted molar refractivity (Wildman–Crippen MR) is 104 cm³/mol. The molecule has 1 N–H and O–H groups in total. The van der Waals surface area contributed by atoms with E-state index in [9.17, 15) is 9.59 Å². The van der Waals surface area contributed by atoms with Crippen molar-refractivity contribution in [2.24, 2.45) is 17.3 Å². The maximum atomic E-state index is 12.5. The lowest BCUT2D eigenvalue weighted by Crippen LogP contribution is -2.61. The summed E-state index contributed by atoms with van der Waals surface area (Å²) in [6.07, 6.45) is 6.89. The summed E-state index contributed by atoms with van der Waals surface area (Å²) in [5.41, 5.74) is 0.0410. The van der Waals surface area contributed by atoms with Gasteiger partial charge in [0.05, 0.1) is 13.0 Å². The van der Waals surface area contributed by atoms with E-state index in [1.165, 1.54) is 7.11 Å². The van der Waals surface area contributed by atoms with E-state index in [0.29, 0.717) is 5.92 Å². The topological polar surface area (TPSA) is 66.8 Å². The minimum absolute atomic E-state index is 0.0142. The number of aliphatic carboxylic acids is 1. The maximum absolute atomic E-state index is 12.5. The third kappa shape index (κ3) is 5.45. The molecule has 1 saturated heterocycles. The van der Waals surface area contributed by atoms with Crippen LogP contribution in [0.5, 0.6) is 0 Å². The van der Waals surface area contributed by atoms with Gasteiger partial charge in [0.15, 0.2) is 0 Å². The second-order valence-electron chi connectivity index (χ2n) is 8.93. The van der Waals surface area contributed by atoms with Crippen molar-refractivity contribution in [2.75, 3.05) is 20.7 Å². The number of likely N-dealkylation sites (tertiary alicyclic amines) is 1. The van der Waals surface area contributed by atoms with Crippen LogP contribution in [0.25, 0.3) is 0 Å². The minimum Gasteiger partial charge on any atom is -0.481 e. The molecule has 0 aromatic carbocycles. The van der Waals surface area contributed by atoms with Crippen molar-refractivity contribution in [3.8, 4) is 0 Å². The summed E-state index contributed by atoms with van der Waals surface area (Å²) < 4.78 is 5.16. The van der Waals surface area contributed by atoms with Crippen LogP contribution < -0.4 is 0 Å². The molecule has 1 aliphatic heterocycles. The largest absolute Gasteiger partial charge is 0.481 e. The molecule has 0 amide bonds. The van der Waals surface area contributed by atoms with Crippen LogP contribution in [0.2, 0.25) is 0 Å². The molecule has 0 saturated carbocycles. The number of methoxy groups -OCH3 is 1. The Bertz CT molecular complexity index is 473. The first-order chi connectivity index (χ1) is 12.1. The van der Waals surface area contributed by atoms with E-state index in [-0.39, 0.29) is 29.3 Å². The predicted octanol–water partition coefficient (Wildman–Crippen LogP) is 4.35. The number of carbonyl (C=O) groups is 2. The molecule has 0 aromatic heterocycles. The molecule has 2 unspecified atom stereocenters. The Labute approximate surface area is 159 Å². The number of carboxylic acid groups (broad SMARTS) is 1. The van der Waals surface area contributed by atoms with Crippen molar-refractivity contribution in [3.63, 3.8) is 0 Å². The monoisotopic (exact) mass is 369 g/mol. The Balaban J connectivity index is 2.64. The Morgan fingerprint density at radius 2 is 1.69 bits per heavy atom. The molecule has 26 heavy (non-hydrogen) atoms. The van der Waals surface area contributed by atoms with Gasteiger partial charge in [-0.15, -0.1) is 0 Å². The van der Waals surface area contributed by atoms with Gasteiger partial charge in [0.1, 0.15) is 0 Å². The summed E-state index contributed by atoms with van der Waals surface area (Å²) in [4.78, 5) is 25.5. The molecule has 152 valence electrons. The van der Waals surface area contributed by atoms with Gasteiger partial charge in [0.25, 0.3) is 0 Å². The van der Waals surface area contributed by atoms with Crippen molar-refractivity contribution in [1.29, 1.82) is 0 Å². The summed E-state index contributed by atoms with van der Waals surface area (Å²) in [5, 5.41) is 8.68. The summed E-state index contributed by atoms with van der Waals surface area (Å²) >= 11 is 0. The molecule has 0 aromatic rings. The zero-order valence-electron chi connectivity index (χ0n) is 17.6. The highest BCUT2D eigenvalue weighted by Crippen LogP contribution is 2.50. The first-order valence-electron chi connectivity index (χ1n) is 10.1. The first-order valence-corrected chi connectivity index (χ1v) is 10.1. The number of hydrogen-bond donors (Lipinski definition) is 1. The van der Waals surface area contributed by atoms with Gasteiger partial charge in [-0.3, -0.25) is 9.59 Å². The Hall–Kier alpha value is -1.10. The summed E-state index contributed by atoms with van der Waals surface area (Å²) in [5.74, 6) is -0.535. The van der Waals surface area contributed by atoms with Gasteiger partial charge < -0.3 is 14.7 Å². The number of unbranched alkanes of at least 4 members (excludes halogenated alkanes) is 4. The molecule has 2 atom stereocenters. The lowest BCUT2D eigenvalue weighted by Gasteiger charge is -2.57.